The SMILES string of the molecule is c1coc(-c2ccnc3ccnn23)c1. The molecule has 0 radical (unpaired) electrons. The molecule has 0 aliphatic heterocycles. The van der Waals surface area contributed by atoms with Crippen LogP contribution in [0.3, 0.4) is 0 Å². The molecular formula is C10H7N3O. The molecule has 14 heavy (non-hydrogen) atoms. The maximum atomic E-state index is 5.31. The van der Waals surface area contributed by atoms with Gasteiger partial charge in [-0.15, -0.1) is 0 Å². The van der Waals surface area contributed by atoms with Crippen LogP contribution in [0.25, 0.3) is 17.1 Å². The Hall–Kier alpha value is -2.10. The Morgan fingerprint density at radius 3 is 3.00 bits per heavy atom. The molecule has 3 heterocycles. The Balaban J connectivity index is 2.36. The van der Waals surface area contributed by atoms with E-state index in [0.29, 0.717) is 0 Å². The number of hydrogen-bond acceptors (Lipinski definition) is 3. The maximum Gasteiger partial charge on any atom is 0.155 e. The molecule has 0 atom stereocenters. The highest BCUT2D eigenvalue weighted by Gasteiger charge is 2.05. The molecule has 0 saturated heterocycles. The second-order valence-corrected chi connectivity index (χ2v) is 2.91. The molecule has 3 aromatic heterocycles. The Morgan fingerprint density at radius 2 is 2.14 bits per heavy atom. The van der Waals surface area contributed by atoms with Crippen LogP contribution < -0.4 is 0 Å². The highest BCUT2D eigenvalue weighted by molar-refractivity contribution is 5.56. The minimum absolute atomic E-state index is 0.793. The predicted molar refractivity (Wildman–Crippen MR) is 50.7 cm³/mol. The van der Waals surface area contributed by atoms with Crippen LogP contribution in [-0.4, -0.2) is 14.6 Å². The first-order valence-corrected chi connectivity index (χ1v) is 4.28. The minimum Gasteiger partial charge on any atom is -0.463 e. The van der Waals surface area contributed by atoms with E-state index in [1.807, 2.05) is 24.3 Å². The van der Waals surface area contributed by atoms with Crippen LogP contribution in [0.4, 0.5) is 0 Å². The third-order valence-corrected chi connectivity index (χ3v) is 2.06. The molecule has 0 fully saturated rings. The second kappa shape index (κ2) is 2.70. The van der Waals surface area contributed by atoms with Crippen LogP contribution in [0.1, 0.15) is 0 Å². The van der Waals surface area contributed by atoms with Crippen molar-refractivity contribution in [2.24, 2.45) is 0 Å². The Kier molecular flexibility index (Phi) is 1.41. The summed E-state index contributed by atoms with van der Waals surface area (Å²) in [4.78, 5) is 4.17. The van der Waals surface area contributed by atoms with Gasteiger partial charge in [-0.05, 0) is 18.2 Å². The fourth-order valence-electron chi connectivity index (χ4n) is 1.45. The van der Waals surface area contributed by atoms with Gasteiger partial charge in [-0.25, -0.2) is 9.50 Å². The van der Waals surface area contributed by atoms with Crippen LogP contribution in [0.5, 0.6) is 0 Å². The van der Waals surface area contributed by atoms with E-state index in [0.717, 1.165) is 17.1 Å². The van der Waals surface area contributed by atoms with E-state index < -0.39 is 0 Å². The van der Waals surface area contributed by atoms with Gasteiger partial charge in [0.25, 0.3) is 0 Å². The van der Waals surface area contributed by atoms with Gasteiger partial charge in [0.15, 0.2) is 11.4 Å². The van der Waals surface area contributed by atoms with Crippen molar-refractivity contribution >= 4 is 5.65 Å². The number of furan rings is 1. The molecule has 0 bridgehead atoms. The molecule has 4 nitrogen and oxygen atoms in total. The summed E-state index contributed by atoms with van der Waals surface area (Å²) in [7, 11) is 0. The Morgan fingerprint density at radius 1 is 1.14 bits per heavy atom. The lowest BCUT2D eigenvalue weighted by Crippen LogP contribution is -1.93. The van der Waals surface area contributed by atoms with E-state index in [4.69, 9.17) is 4.42 Å². The first kappa shape index (κ1) is 7.32. The smallest absolute Gasteiger partial charge is 0.155 e. The molecule has 0 spiro atoms. The summed E-state index contributed by atoms with van der Waals surface area (Å²) in [5, 5.41) is 4.17. The molecule has 0 aliphatic rings. The van der Waals surface area contributed by atoms with E-state index in [9.17, 15) is 0 Å². The monoisotopic (exact) mass is 185 g/mol. The molecule has 4 heteroatoms. The van der Waals surface area contributed by atoms with Gasteiger partial charge < -0.3 is 4.42 Å². The molecule has 3 aromatic rings. The summed E-state index contributed by atoms with van der Waals surface area (Å²) < 4.78 is 7.06. The van der Waals surface area contributed by atoms with Crippen molar-refractivity contribution in [3.05, 3.63) is 42.9 Å². The van der Waals surface area contributed by atoms with Crippen LogP contribution in [-0.2, 0) is 0 Å². The van der Waals surface area contributed by atoms with Crippen molar-refractivity contribution < 1.29 is 4.42 Å². The predicted octanol–water partition coefficient (Wildman–Crippen LogP) is 1.99. The average molecular weight is 185 g/mol. The highest BCUT2D eigenvalue weighted by Crippen LogP contribution is 2.18. The van der Waals surface area contributed by atoms with E-state index in [1.165, 1.54) is 0 Å². The summed E-state index contributed by atoms with van der Waals surface area (Å²) >= 11 is 0. The van der Waals surface area contributed by atoms with Gasteiger partial charge >= 0.3 is 0 Å². The van der Waals surface area contributed by atoms with E-state index in [2.05, 4.69) is 10.1 Å². The average Bonchev–Trinajstić information content (AvgIpc) is 2.88. The molecule has 3 rings (SSSR count). The van der Waals surface area contributed by atoms with Crippen LogP contribution in [0, 0.1) is 0 Å². The number of hydrogen-bond donors (Lipinski definition) is 0. The highest BCUT2D eigenvalue weighted by atomic mass is 16.3. The van der Waals surface area contributed by atoms with Crippen molar-refractivity contribution in [2.75, 3.05) is 0 Å². The van der Waals surface area contributed by atoms with Crippen molar-refractivity contribution in [2.45, 2.75) is 0 Å². The third kappa shape index (κ3) is 0.939. The molecule has 0 saturated carbocycles. The summed E-state index contributed by atoms with van der Waals surface area (Å²) in [6.45, 7) is 0. The largest absolute Gasteiger partial charge is 0.463 e. The van der Waals surface area contributed by atoms with Crippen molar-refractivity contribution in [1.82, 2.24) is 14.6 Å². The normalized spacial score (nSPS) is 10.9. The summed E-state index contributed by atoms with van der Waals surface area (Å²) in [6, 6.07) is 7.48. The fourth-order valence-corrected chi connectivity index (χ4v) is 1.45. The maximum absolute atomic E-state index is 5.31. The van der Waals surface area contributed by atoms with E-state index in [-0.39, 0.29) is 0 Å². The van der Waals surface area contributed by atoms with Crippen LogP contribution >= 0.6 is 0 Å². The molecular weight excluding hydrogens is 178 g/mol. The van der Waals surface area contributed by atoms with Gasteiger partial charge in [0.2, 0.25) is 0 Å². The molecule has 68 valence electrons. The lowest BCUT2D eigenvalue weighted by molar-refractivity contribution is 0.577. The topological polar surface area (TPSA) is 43.3 Å². The Bertz CT molecular complexity index is 554. The molecule has 0 amide bonds. The number of nitrogens with zero attached hydrogens (tertiary/aromatic N) is 3. The second-order valence-electron chi connectivity index (χ2n) is 2.91. The summed E-state index contributed by atoms with van der Waals surface area (Å²) in [5.74, 6) is 0.793. The quantitative estimate of drug-likeness (QED) is 0.582. The minimum atomic E-state index is 0.793. The van der Waals surface area contributed by atoms with Crippen LogP contribution in [0.15, 0.2) is 47.3 Å². The fraction of sp³-hybridized carbons (Fsp3) is 0. The zero-order valence-corrected chi connectivity index (χ0v) is 7.29. The number of aromatic nitrogens is 3. The van der Waals surface area contributed by atoms with Gasteiger partial charge in [-0.1, -0.05) is 0 Å². The van der Waals surface area contributed by atoms with Crippen LogP contribution in [0.2, 0.25) is 0 Å². The summed E-state index contributed by atoms with van der Waals surface area (Å²) in [5.41, 5.74) is 1.73. The first-order valence-electron chi connectivity index (χ1n) is 4.28. The molecule has 0 aliphatic carbocycles. The zero-order chi connectivity index (χ0) is 9.38. The van der Waals surface area contributed by atoms with E-state index >= 15 is 0 Å². The van der Waals surface area contributed by atoms with Gasteiger partial charge in [-0.2, -0.15) is 5.10 Å². The van der Waals surface area contributed by atoms with Gasteiger partial charge in [0, 0.05) is 12.3 Å². The summed E-state index contributed by atoms with van der Waals surface area (Å²) in [6.07, 6.45) is 5.11. The van der Waals surface area contributed by atoms with Gasteiger partial charge in [0.05, 0.1) is 12.5 Å². The van der Waals surface area contributed by atoms with Crippen molar-refractivity contribution in [1.29, 1.82) is 0 Å². The lowest BCUT2D eigenvalue weighted by atomic mass is 10.3. The van der Waals surface area contributed by atoms with Crippen molar-refractivity contribution in [3.8, 4) is 11.5 Å². The lowest BCUT2D eigenvalue weighted by Gasteiger charge is -1.99. The molecule has 0 aromatic carbocycles. The van der Waals surface area contributed by atoms with Crippen molar-refractivity contribution in [3.63, 3.8) is 0 Å². The van der Waals surface area contributed by atoms with Gasteiger partial charge in [0.1, 0.15) is 5.69 Å². The van der Waals surface area contributed by atoms with E-state index in [1.54, 1.807) is 23.2 Å². The number of rotatable bonds is 1. The molecule has 0 unspecified atom stereocenters. The standard InChI is InChI=1S/C10H7N3O/c1-2-9(14-7-1)8-3-5-11-10-4-6-12-13(8)10/h1-7H. The Labute approximate surface area is 79.8 Å². The zero-order valence-electron chi connectivity index (χ0n) is 7.29. The first-order chi connectivity index (χ1) is 6.95. The molecule has 0 N–H and O–H groups in total. The third-order valence-electron chi connectivity index (χ3n) is 2.06. The van der Waals surface area contributed by atoms with Gasteiger partial charge in [-0.3, -0.25) is 0 Å². The number of fused-ring (bicyclic) bond motifs is 1.